The fraction of sp³-hybridized carbons (Fsp3) is 0.174. The van der Waals surface area contributed by atoms with Crippen molar-refractivity contribution in [2.75, 3.05) is 23.7 Å². The van der Waals surface area contributed by atoms with Crippen LogP contribution in [0.2, 0.25) is 5.02 Å². The maximum atomic E-state index is 13.5. The second-order valence-electron chi connectivity index (χ2n) is 7.19. The van der Waals surface area contributed by atoms with Crippen molar-refractivity contribution in [1.29, 1.82) is 5.26 Å². The third-order valence-corrected chi connectivity index (χ3v) is 5.32. The van der Waals surface area contributed by atoms with Crippen molar-refractivity contribution in [3.8, 4) is 6.07 Å². The smallest absolute Gasteiger partial charge is 0.248 e. The van der Waals surface area contributed by atoms with Crippen molar-refractivity contribution >= 4 is 45.5 Å². The molecule has 3 N–H and O–H groups in total. The van der Waals surface area contributed by atoms with E-state index in [4.69, 9.17) is 11.6 Å². The van der Waals surface area contributed by atoms with Crippen LogP contribution in [-0.4, -0.2) is 24.0 Å². The third kappa shape index (κ3) is 4.82. The van der Waals surface area contributed by atoms with E-state index in [1.54, 1.807) is 24.3 Å². The van der Waals surface area contributed by atoms with E-state index >= 15 is 0 Å². The van der Waals surface area contributed by atoms with Crippen LogP contribution in [0.3, 0.4) is 0 Å². The maximum Gasteiger partial charge on any atom is 0.248 e. The number of pyridine rings is 1. The van der Waals surface area contributed by atoms with E-state index in [0.717, 1.165) is 31.5 Å². The Morgan fingerprint density at radius 1 is 1.19 bits per heavy atom. The second kappa shape index (κ2) is 9.13. The second-order valence-corrected chi connectivity index (χ2v) is 7.59. The molecule has 31 heavy (non-hydrogen) atoms. The highest BCUT2D eigenvalue weighted by Gasteiger charge is 2.13. The number of hydrogen-bond donors (Lipinski definition) is 3. The fourth-order valence-electron chi connectivity index (χ4n) is 3.46. The van der Waals surface area contributed by atoms with E-state index < -0.39 is 5.82 Å². The number of aromatic nitrogens is 1. The molecule has 1 aliphatic rings. The number of carbonyl (C=O) groups excluding carboxylic acids is 1. The summed E-state index contributed by atoms with van der Waals surface area (Å²) in [5.74, 6) is -0.722. The van der Waals surface area contributed by atoms with E-state index in [1.807, 2.05) is 0 Å². The predicted octanol–water partition coefficient (Wildman–Crippen LogP) is 4.89. The van der Waals surface area contributed by atoms with Crippen molar-refractivity contribution in [3.63, 3.8) is 0 Å². The average Bonchev–Trinajstić information content (AvgIpc) is 2.77. The van der Waals surface area contributed by atoms with Gasteiger partial charge in [-0.25, -0.2) is 4.39 Å². The van der Waals surface area contributed by atoms with E-state index in [-0.39, 0.29) is 10.9 Å². The zero-order chi connectivity index (χ0) is 21.8. The Labute approximate surface area is 183 Å². The Bertz CT molecular complexity index is 1230. The molecule has 1 amide bonds. The summed E-state index contributed by atoms with van der Waals surface area (Å²) in [7, 11) is 0. The number of nitrogens with one attached hydrogen (secondary N) is 3. The zero-order valence-corrected chi connectivity index (χ0v) is 17.3. The van der Waals surface area contributed by atoms with Gasteiger partial charge in [0.1, 0.15) is 11.9 Å². The Balaban J connectivity index is 1.67. The first-order chi connectivity index (χ1) is 15.0. The molecule has 1 aliphatic heterocycles. The Morgan fingerprint density at radius 3 is 2.71 bits per heavy atom. The van der Waals surface area contributed by atoms with Crippen LogP contribution in [0.5, 0.6) is 0 Å². The molecule has 0 bridgehead atoms. The van der Waals surface area contributed by atoms with E-state index in [1.165, 1.54) is 24.4 Å². The lowest BCUT2D eigenvalue weighted by molar-refractivity contribution is -0.112. The lowest BCUT2D eigenvalue weighted by Gasteiger charge is -2.15. The number of rotatable bonds is 4. The molecule has 0 saturated carbocycles. The van der Waals surface area contributed by atoms with Gasteiger partial charge >= 0.3 is 0 Å². The van der Waals surface area contributed by atoms with Gasteiger partial charge in [0, 0.05) is 29.0 Å². The summed E-state index contributed by atoms with van der Waals surface area (Å²) in [6.45, 7) is 1.75. The van der Waals surface area contributed by atoms with Crippen LogP contribution in [0.25, 0.3) is 10.9 Å². The van der Waals surface area contributed by atoms with Crippen molar-refractivity contribution in [3.05, 3.63) is 70.6 Å². The van der Waals surface area contributed by atoms with Crippen LogP contribution >= 0.6 is 11.6 Å². The molecule has 156 valence electrons. The molecule has 8 heteroatoms. The number of nitriles is 1. The minimum absolute atomic E-state index is 0.0271. The summed E-state index contributed by atoms with van der Waals surface area (Å²) < 4.78 is 13.5. The first kappa shape index (κ1) is 20.8. The quantitative estimate of drug-likeness (QED) is 0.507. The van der Waals surface area contributed by atoms with Gasteiger partial charge in [0.2, 0.25) is 5.91 Å². The highest BCUT2D eigenvalue weighted by atomic mass is 35.5. The molecule has 0 unspecified atom stereocenters. The minimum Gasteiger partial charge on any atom is -0.354 e. The number of halogens is 2. The van der Waals surface area contributed by atoms with E-state index in [0.29, 0.717) is 33.5 Å². The van der Waals surface area contributed by atoms with Crippen molar-refractivity contribution < 1.29 is 9.18 Å². The molecule has 6 nitrogen and oxygen atoms in total. The molecular formula is C23H19ClFN5O. The van der Waals surface area contributed by atoms with E-state index in [9.17, 15) is 14.4 Å². The molecule has 0 atom stereocenters. The first-order valence-corrected chi connectivity index (χ1v) is 10.2. The van der Waals surface area contributed by atoms with Gasteiger partial charge in [0.05, 0.1) is 21.8 Å². The lowest BCUT2D eigenvalue weighted by atomic mass is 10.1. The summed E-state index contributed by atoms with van der Waals surface area (Å²) >= 11 is 5.89. The number of carbonyl (C=O) groups is 1. The van der Waals surface area contributed by atoms with Crippen LogP contribution in [0.1, 0.15) is 18.4 Å². The van der Waals surface area contributed by atoms with Gasteiger partial charge in [0.25, 0.3) is 0 Å². The molecule has 1 saturated heterocycles. The topological polar surface area (TPSA) is 89.8 Å². The lowest BCUT2D eigenvalue weighted by Crippen LogP contribution is -2.24. The number of benzene rings is 2. The van der Waals surface area contributed by atoms with Gasteiger partial charge in [-0.1, -0.05) is 17.2 Å². The number of fused-ring (bicyclic) bond motifs is 1. The van der Waals surface area contributed by atoms with E-state index in [2.05, 4.69) is 27.0 Å². The number of nitrogens with zero attached hydrogens (tertiary/aromatic N) is 2. The predicted molar refractivity (Wildman–Crippen MR) is 120 cm³/mol. The SMILES string of the molecule is N#Cc1cnc2ccc(NC(=O)C=C3CCNCC3)cc2c1Nc1ccc(F)c(Cl)c1. The fourth-order valence-corrected chi connectivity index (χ4v) is 3.64. The van der Waals surface area contributed by atoms with Crippen molar-refractivity contribution in [1.82, 2.24) is 10.3 Å². The molecule has 0 radical (unpaired) electrons. The molecule has 2 aromatic carbocycles. The Kier molecular flexibility index (Phi) is 6.12. The molecule has 0 spiro atoms. The standard InChI is InChI=1S/C23H19ClFN5O/c24-19-11-17(1-3-20(19)25)30-23-15(12-26)13-28-21-4-2-16(10-18(21)23)29-22(31)9-14-5-7-27-8-6-14/h1-4,9-11,13,27H,5-8H2,(H,28,30)(H,29,31). The minimum atomic E-state index is -0.528. The summed E-state index contributed by atoms with van der Waals surface area (Å²) in [6, 6.07) is 11.6. The normalized spacial score (nSPS) is 13.5. The maximum absolute atomic E-state index is 13.5. The van der Waals surface area contributed by atoms with Crippen molar-refractivity contribution in [2.45, 2.75) is 12.8 Å². The molecule has 1 fully saturated rings. The zero-order valence-electron chi connectivity index (χ0n) is 16.5. The Hall–Kier alpha value is -3.47. The summed E-state index contributed by atoms with van der Waals surface area (Å²) in [6.07, 6.45) is 4.83. The van der Waals surface area contributed by atoms with Crippen LogP contribution in [0.4, 0.5) is 21.5 Å². The average molecular weight is 436 g/mol. The Morgan fingerprint density at radius 2 is 1.97 bits per heavy atom. The number of hydrogen-bond acceptors (Lipinski definition) is 5. The van der Waals surface area contributed by atoms with Crippen LogP contribution in [0, 0.1) is 17.1 Å². The van der Waals surface area contributed by atoms with Gasteiger partial charge in [-0.2, -0.15) is 5.26 Å². The highest BCUT2D eigenvalue weighted by Crippen LogP contribution is 2.32. The van der Waals surface area contributed by atoms with Gasteiger partial charge < -0.3 is 16.0 Å². The molecule has 3 aromatic rings. The summed E-state index contributed by atoms with van der Waals surface area (Å²) in [4.78, 5) is 16.8. The molecule has 0 aliphatic carbocycles. The van der Waals surface area contributed by atoms with Gasteiger partial charge in [-0.05, 0) is 62.3 Å². The highest BCUT2D eigenvalue weighted by molar-refractivity contribution is 6.31. The van der Waals surface area contributed by atoms with Crippen LogP contribution in [0.15, 0.2) is 54.2 Å². The number of piperidine rings is 1. The molecular weight excluding hydrogens is 417 g/mol. The number of anilines is 3. The third-order valence-electron chi connectivity index (χ3n) is 5.03. The summed E-state index contributed by atoms with van der Waals surface area (Å²) in [5.41, 5.74) is 3.68. The van der Waals surface area contributed by atoms with Gasteiger partial charge in [0.15, 0.2) is 0 Å². The van der Waals surface area contributed by atoms with Gasteiger partial charge in [-0.15, -0.1) is 0 Å². The van der Waals surface area contributed by atoms with Crippen molar-refractivity contribution in [2.24, 2.45) is 0 Å². The van der Waals surface area contributed by atoms with Crippen LogP contribution < -0.4 is 16.0 Å². The monoisotopic (exact) mass is 435 g/mol. The molecule has 4 rings (SSSR count). The molecule has 1 aromatic heterocycles. The first-order valence-electron chi connectivity index (χ1n) is 9.79. The van der Waals surface area contributed by atoms with Crippen LogP contribution in [-0.2, 0) is 4.79 Å². The largest absolute Gasteiger partial charge is 0.354 e. The van der Waals surface area contributed by atoms with Gasteiger partial charge in [-0.3, -0.25) is 9.78 Å². The molecule has 2 heterocycles. The number of amides is 1. The summed E-state index contributed by atoms with van der Waals surface area (Å²) in [5, 5.41) is 19.4.